The number of aryl methyl sites for hydroxylation is 1. The van der Waals surface area contributed by atoms with Gasteiger partial charge in [0.2, 0.25) is 0 Å². The van der Waals surface area contributed by atoms with Gasteiger partial charge in [0.05, 0.1) is 5.54 Å². The van der Waals surface area contributed by atoms with Crippen molar-refractivity contribution in [3.05, 3.63) is 178 Å². The molecule has 0 fully saturated rings. The number of fused-ring (bicyclic) bond motifs is 3. The maximum absolute atomic E-state index is 13.2. The van der Waals surface area contributed by atoms with Gasteiger partial charge in [-0.2, -0.15) is 0 Å². The monoisotopic (exact) mass is 698 g/mol. The molecule has 1 aliphatic carbocycles. The van der Waals surface area contributed by atoms with Crippen LogP contribution in [0.25, 0.3) is 11.1 Å². The molecule has 51 heavy (non-hydrogen) atoms. The summed E-state index contributed by atoms with van der Waals surface area (Å²) in [5, 5.41) is 7.31. The molecule has 7 heteroatoms. The molecule has 0 aliphatic heterocycles. The SMILES string of the molecule is C=CCOC(=O)[C@H](CCCCNC(c1ccccc1)(c1ccc(C)cc1)c1ccccc1Cl)NC(=O)OCC1c2ccccc2-c2ccccc21. The van der Waals surface area contributed by atoms with Crippen molar-refractivity contribution in [1.82, 2.24) is 10.6 Å². The molecule has 0 bridgehead atoms. The molecule has 0 saturated carbocycles. The van der Waals surface area contributed by atoms with Crippen molar-refractivity contribution in [2.24, 2.45) is 0 Å². The lowest BCUT2D eigenvalue weighted by Gasteiger charge is -2.38. The third-order valence-corrected chi connectivity index (χ3v) is 9.87. The number of benzene rings is 5. The molecule has 0 radical (unpaired) electrons. The minimum atomic E-state index is -0.875. The summed E-state index contributed by atoms with van der Waals surface area (Å²) in [7, 11) is 0. The number of hydrogen-bond donors (Lipinski definition) is 2. The van der Waals surface area contributed by atoms with E-state index in [1.54, 1.807) is 0 Å². The third kappa shape index (κ3) is 7.93. The highest BCUT2D eigenvalue weighted by Gasteiger charge is 2.37. The zero-order valence-electron chi connectivity index (χ0n) is 28.8. The number of unbranched alkanes of at least 4 members (excludes halogenated alkanes) is 1. The topological polar surface area (TPSA) is 76.7 Å². The predicted molar refractivity (Wildman–Crippen MR) is 204 cm³/mol. The highest BCUT2D eigenvalue weighted by Crippen LogP contribution is 2.44. The van der Waals surface area contributed by atoms with E-state index in [4.69, 9.17) is 21.1 Å². The van der Waals surface area contributed by atoms with E-state index in [2.05, 4.69) is 90.9 Å². The van der Waals surface area contributed by atoms with Gasteiger partial charge in [-0.1, -0.05) is 151 Å². The quantitative estimate of drug-likeness (QED) is 0.0493. The number of halogens is 1. The molecule has 1 unspecified atom stereocenters. The zero-order chi connectivity index (χ0) is 35.6. The first-order valence-electron chi connectivity index (χ1n) is 17.4. The van der Waals surface area contributed by atoms with Crippen LogP contribution in [0.4, 0.5) is 4.79 Å². The Balaban J connectivity index is 1.14. The van der Waals surface area contributed by atoms with Gasteiger partial charge in [0.25, 0.3) is 0 Å². The van der Waals surface area contributed by atoms with Crippen LogP contribution in [0.1, 0.15) is 58.6 Å². The molecule has 1 amide bonds. The molecule has 6 nitrogen and oxygen atoms in total. The van der Waals surface area contributed by atoms with Crippen LogP contribution in [0.3, 0.4) is 0 Å². The van der Waals surface area contributed by atoms with E-state index in [0.717, 1.165) is 44.5 Å². The molecule has 0 spiro atoms. The molecule has 6 rings (SSSR count). The van der Waals surface area contributed by atoms with Gasteiger partial charge < -0.3 is 14.8 Å². The molecule has 5 aromatic rings. The van der Waals surface area contributed by atoms with Gasteiger partial charge in [-0.15, -0.1) is 0 Å². The van der Waals surface area contributed by atoms with Crippen molar-refractivity contribution in [3.63, 3.8) is 0 Å². The van der Waals surface area contributed by atoms with Gasteiger partial charge in [0, 0.05) is 10.9 Å². The highest BCUT2D eigenvalue weighted by atomic mass is 35.5. The second-order valence-electron chi connectivity index (χ2n) is 12.8. The molecule has 0 heterocycles. The Kier molecular flexibility index (Phi) is 11.7. The zero-order valence-corrected chi connectivity index (χ0v) is 29.6. The second-order valence-corrected chi connectivity index (χ2v) is 13.2. The molecule has 2 atom stereocenters. The number of hydrogen-bond acceptors (Lipinski definition) is 5. The normalized spacial score (nSPS) is 13.7. The highest BCUT2D eigenvalue weighted by molar-refractivity contribution is 6.31. The predicted octanol–water partition coefficient (Wildman–Crippen LogP) is 9.34. The number of alkyl carbamates (subject to hydrolysis) is 1. The first-order valence-corrected chi connectivity index (χ1v) is 17.8. The molecule has 0 saturated heterocycles. The summed E-state index contributed by atoms with van der Waals surface area (Å²) in [5.41, 5.74) is 8.05. The molecular weight excluding hydrogens is 656 g/mol. The maximum atomic E-state index is 13.2. The number of carbonyl (C=O) groups is 2. The van der Waals surface area contributed by atoms with E-state index in [1.165, 1.54) is 6.08 Å². The molecule has 260 valence electrons. The Morgan fingerprint density at radius 1 is 0.784 bits per heavy atom. The number of amides is 1. The van der Waals surface area contributed by atoms with Crippen molar-refractivity contribution in [1.29, 1.82) is 0 Å². The fourth-order valence-corrected chi connectivity index (χ4v) is 7.33. The largest absolute Gasteiger partial charge is 0.460 e. The van der Waals surface area contributed by atoms with Crippen LogP contribution in [0, 0.1) is 6.92 Å². The number of ether oxygens (including phenoxy) is 2. The summed E-state index contributed by atoms with van der Waals surface area (Å²) >= 11 is 6.91. The van der Waals surface area contributed by atoms with Gasteiger partial charge in [-0.25, -0.2) is 9.59 Å². The van der Waals surface area contributed by atoms with Gasteiger partial charge in [0.15, 0.2) is 0 Å². The minimum absolute atomic E-state index is 0.0528. The smallest absolute Gasteiger partial charge is 0.407 e. The Bertz CT molecular complexity index is 1920. The van der Waals surface area contributed by atoms with E-state index in [0.29, 0.717) is 30.8 Å². The summed E-state index contributed by atoms with van der Waals surface area (Å²) in [6, 6.07) is 42.2. The van der Waals surface area contributed by atoms with Crippen LogP contribution in [0.2, 0.25) is 5.02 Å². The van der Waals surface area contributed by atoms with Crippen LogP contribution in [-0.2, 0) is 19.8 Å². The summed E-state index contributed by atoms with van der Waals surface area (Å²) in [5.74, 6) is -0.609. The van der Waals surface area contributed by atoms with Crippen LogP contribution in [0.15, 0.2) is 140 Å². The van der Waals surface area contributed by atoms with Crippen LogP contribution in [0.5, 0.6) is 0 Å². The van der Waals surface area contributed by atoms with Crippen molar-refractivity contribution in [2.45, 2.75) is 43.7 Å². The van der Waals surface area contributed by atoms with Crippen molar-refractivity contribution in [2.75, 3.05) is 19.8 Å². The number of nitrogens with one attached hydrogen (secondary N) is 2. The average Bonchev–Trinajstić information content (AvgIpc) is 3.48. The first-order chi connectivity index (χ1) is 24.9. The minimum Gasteiger partial charge on any atom is -0.460 e. The fourth-order valence-electron chi connectivity index (χ4n) is 7.06. The van der Waals surface area contributed by atoms with Gasteiger partial charge in [-0.3, -0.25) is 5.32 Å². The summed E-state index contributed by atoms with van der Waals surface area (Å²) in [6.07, 6.45) is 2.57. The summed E-state index contributed by atoms with van der Waals surface area (Å²) in [4.78, 5) is 26.3. The fraction of sp³-hybridized carbons (Fsp3) is 0.227. The molecule has 5 aromatic carbocycles. The molecule has 0 aromatic heterocycles. The van der Waals surface area contributed by atoms with Gasteiger partial charge >= 0.3 is 12.1 Å². The summed E-state index contributed by atoms with van der Waals surface area (Å²) in [6.45, 7) is 6.54. The van der Waals surface area contributed by atoms with Gasteiger partial charge in [0.1, 0.15) is 19.3 Å². The van der Waals surface area contributed by atoms with E-state index >= 15 is 0 Å². The Labute approximate surface area is 305 Å². The lowest BCUT2D eigenvalue weighted by Crippen LogP contribution is -2.45. The maximum Gasteiger partial charge on any atom is 0.407 e. The molecular formula is C44H43ClN2O4. The standard InChI is InChI=1S/C44H43ClN2O4/c1-3-29-50-42(48)41(47-43(49)51-30-38-36-19-9-7-17-34(36)35-18-8-10-20-37(35)38)23-13-14-28-46-44(32-15-5-4-6-16-32,33-26-24-31(2)25-27-33)39-21-11-12-22-40(39)45/h3-12,15-22,24-27,38,41,46H,1,13-14,23,28-30H2,2H3,(H,47,49)/t41-,44?/m0/s1. The van der Waals surface area contributed by atoms with Crippen LogP contribution in [-0.4, -0.2) is 37.9 Å². The van der Waals surface area contributed by atoms with Crippen molar-refractivity contribution < 1.29 is 19.1 Å². The Morgan fingerprint density at radius 3 is 2.06 bits per heavy atom. The van der Waals surface area contributed by atoms with E-state index in [9.17, 15) is 9.59 Å². The van der Waals surface area contributed by atoms with E-state index in [1.807, 2.05) is 60.7 Å². The van der Waals surface area contributed by atoms with Gasteiger partial charge in [-0.05, 0) is 77.7 Å². The van der Waals surface area contributed by atoms with Crippen molar-refractivity contribution in [3.8, 4) is 11.1 Å². The first kappa shape index (κ1) is 35.6. The van der Waals surface area contributed by atoms with Crippen molar-refractivity contribution >= 4 is 23.7 Å². The second kappa shape index (κ2) is 16.7. The van der Waals surface area contributed by atoms with Crippen LogP contribution < -0.4 is 10.6 Å². The Morgan fingerprint density at radius 2 is 1.39 bits per heavy atom. The number of carbonyl (C=O) groups excluding carboxylic acids is 2. The summed E-state index contributed by atoms with van der Waals surface area (Å²) < 4.78 is 11.1. The van der Waals surface area contributed by atoms with Crippen LogP contribution >= 0.6 is 11.6 Å². The Hall–Kier alpha value is -5.17. The van der Waals surface area contributed by atoms with E-state index in [-0.39, 0.29) is 19.1 Å². The average molecular weight is 699 g/mol. The number of rotatable bonds is 15. The third-order valence-electron chi connectivity index (χ3n) is 9.54. The number of esters is 1. The lowest BCUT2D eigenvalue weighted by atomic mass is 9.76. The van der Waals surface area contributed by atoms with E-state index < -0.39 is 23.6 Å². The molecule has 1 aliphatic rings. The molecule has 2 N–H and O–H groups in total. The lowest BCUT2D eigenvalue weighted by molar-refractivity contribution is -0.145.